The van der Waals surface area contributed by atoms with E-state index >= 15 is 0 Å². The molecule has 0 saturated carbocycles. The van der Waals surface area contributed by atoms with Gasteiger partial charge >= 0.3 is 0 Å². The van der Waals surface area contributed by atoms with E-state index in [2.05, 4.69) is 21.2 Å². The summed E-state index contributed by atoms with van der Waals surface area (Å²) in [5.74, 6) is 0.776. The molecule has 17 heavy (non-hydrogen) atoms. The monoisotopic (exact) mass is 304 g/mol. The Labute approximate surface area is 109 Å². The molecule has 0 aliphatic heterocycles. The Kier molecular flexibility index (Phi) is 6.25. The number of methoxy groups -OCH3 is 1. The summed E-state index contributed by atoms with van der Waals surface area (Å²) >= 11 is 3.22. The van der Waals surface area contributed by atoms with Gasteiger partial charge < -0.3 is 19.4 Å². The highest BCUT2D eigenvalue weighted by molar-refractivity contribution is 9.10. The molecule has 96 valence electrons. The summed E-state index contributed by atoms with van der Waals surface area (Å²) in [5, 5.41) is 3.00. The van der Waals surface area contributed by atoms with Crippen molar-refractivity contribution in [3.8, 4) is 0 Å². The largest absolute Gasteiger partial charge is 0.452 e. The third-order valence-corrected chi connectivity index (χ3v) is 2.63. The van der Waals surface area contributed by atoms with Gasteiger partial charge in [0.15, 0.2) is 4.67 Å². The van der Waals surface area contributed by atoms with Crippen LogP contribution in [0.3, 0.4) is 0 Å². The van der Waals surface area contributed by atoms with Gasteiger partial charge in [0.2, 0.25) is 5.91 Å². The average molecular weight is 305 g/mol. The van der Waals surface area contributed by atoms with Crippen molar-refractivity contribution >= 4 is 21.8 Å². The molecular weight excluding hydrogens is 288 g/mol. The van der Waals surface area contributed by atoms with E-state index in [1.807, 2.05) is 12.1 Å². The van der Waals surface area contributed by atoms with E-state index in [-0.39, 0.29) is 5.91 Å². The first-order chi connectivity index (χ1) is 8.13. The summed E-state index contributed by atoms with van der Waals surface area (Å²) in [4.78, 5) is 13.3. The Hall–Kier alpha value is -0.850. The van der Waals surface area contributed by atoms with Crippen molar-refractivity contribution in [2.45, 2.75) is 6.54 Å². The van der Waals surface area contributed by atoms with Crippen molar-refractivity contribution in [1.29, 1.82) is 0 Å². The molecule has 1 rings (SSSR count). The zero-order valence-corrected chi connectivity index (χ0v) is 11.6. The Balaban J connectivity index is 2.27. The standard InChI is InChI=1S/C11H17BrN2O3/c1-14(8-9-3-4-10(12)17-9)11(15)7-13-5-6-16-2/h3-4,13H,5-8H2,1-2H3. The van der Waals surface area contributed by atoms with E-state index in [4.69, 9.17) is 9.15 Å². The molecule has 1 aromatic heterocycles. The fourth-order valence-electron chi connectivity index (χ4n) is 1.26. The lowest BCUT2D eigenvalue weighted by atomic mass is 10.4. The van der Waals surface area contributed by atoms with Gasteiger partial charge in [0.1, 0.15) is 5.76 Å². The third kappa shape index (κ3) is 5.34. The van der Waals surface area contributed by atoms with Crippen molar-refractivity contribution < 1.29 is 13.9 Å². The van der Waals surface area contributed by atoms with E-state index in [1.165, 1.54) is 0 Å². The first-order valence-electron chi connectivity index (χ1n) is 5.31. The summed E-state index contributed by atoms with van der Waals surface area (Å²) in [6, 6.07) is 3.65. The number of likely N-dealkylation sites (N-methyl/N-ethyl adjacent to an activating group) is 1. The highest BCUT2D eigenvalue weighted by Crippen LogP contribution is 2.15. The molecule has 1 aromatic rings. The van der Waals surface area contributed by atoms with Crippen molar-refractivity contribution in [3.63, 3.8) is 0 Å². The Morgan fingerprint density at radius 2 is 2.35 bits per heavy atom. The molecule has 5 nitrogen and oxygen atoms in total. The topological polar surface area (TPSA) is 54.7 Å². The van der Waals surface area contributed by atoms with Gasteiger partial charge in [0, 0.05) is 20.7 Å². The van der Waals surface area contributed by atoms with E-state index < -0.39 is 0 Å². The predicted molar refractivity (Wildman–Crippen MR) is 67.6 cm³/mol. The fourth-order valence-corrected chi connectivity index (χ4v) is 1.60. The first kappa shape index (κ1) is 14.2. The predicted octanol–water partition coefficient (Wildman–Crippen LogP) is 1.24. The summed E-state index contributed by atoms with van der Waals surface area (Å²) in [7, 11) is 3.38. The molecule has 0 saturated heterocycles. The molecule has 0 radical (unpaired) electrons. The minimum Gasteiger partial charge on any atom is -0.452 e. The second-order valence-corrected chi connectivity index (χ2v) is 4.41. The second-order valence-electron chi connectivity index (χ2n) is 3.63. The molecule has 0 bridgehead atoms. The van der Waals surface area contributed by atoms with Crippen LogP contribution < -0.4 is 5.32 Å². The molecular formula is C11H17BrN2O3. The number of furan rings is 1. The van der Waals surface area contributed by atoms with Gasteiger partial charge in [0.25, 0.3) is 0 Å². The van der Waals surface area contributed by atoms with E-state index in [0.29, 0.717) is 30.9 Å². The maximum Gasteiger partial charge on any atom is 0.236 e. The Morgan fingerprint density at radius 1 is 1.59 bits per heavy atom. The molecule has 6 heteroatoms. The van der Waals surface area contributed by atoms with Crippen LogP contribution in [0.25, 0.3) is 0 Å². The van der Waals surface area contributed by atoms with Crippen LogP contribution in [0.4, 0.5) is 0 Å². The maximum atomic E-state index is 11.7. The highest BCUT2D eigenvalue weighted by Gasteiger charge is 2.10. The maximum absolute atomic E-state index is 11.7. The number of nitrogens with one attached hydrogen (secondary N) is 1. The van der Waals surface area contributed by atoms with E-state index in [9.17, 15) is 4.79 Å². The molecule has 0 aliphatic carbocycles. The lowest BCUT2D eigenvalue weighted by Gasteiger charge is -2.15. The number of hydrogen-bond acceptors (Lipinski definition) is 4. The van der Waals surface area contributed by atoms with Crippen LogP contribution in [0.5, 0.6) is 0 Å². The number of carbonyl (C=O) groups excluding carboxylic acids is 1. The number of nitrogens with zero attached hydrogens (tertiary/aromatic N) is 1. The molecule has 0 aromatic carbocycles. The van der Waals surface area contributed by atoms with Crippen LogP contribution in [0, 0.1) is 0 Å². The molecule has 0 unspecified atom stereocenters. The number of carbonyl (C=O) groups is 1. The zero-order valence-electron chi connectivity index (χ0n) is 10.0. The Morgan fingerprint density at radius 3 is 2.94 bits per heavy atom. The van der Waals surface area contributed by atoms with E-state index in [1.54, 1.807) is 19.1 Å². The summed E-state index contributed by atoms with van der Waals surface area (Å²) < 4.78 is 10.9. The third-order valence-electron chi connectivity index (χ3n) is 2.21. The first-order valence-corrected chi connectivity index (χ1v) is 6.10. The minimum absolute atomic E-state index is 0.0219. The van der Waals surface area contributed by atoms with Crippen molar-refractivity contribution in [1.82, 2.24) is 10.2 Å². The zero-order chi connectivity index (χ0) is 12.7. The van der Waals surface area contributed by atoms with Gasteiger partial charge in [-0.2, -0.15) is 0 Å². The molecule has 0 fully saturated rings. The van der Waals surface area contributed by atoms with Crippen LogP contribution in [-0.2, 0) is 16.1 Å². The summed E-state index contributed by atoms with van der Waals surface area (Å²) in [6.45, 7) is 2.04. The van der Waals surface area contributed by atoms with E-state index in [0.717, 1.165) is 5.76 Å². The SMILES string of the molecule is COCCNCC(=O)N(C)Cc1ccc(Br)o1. The molecule has 1 heterocycles. The quantitative estimate of drug-likeness (QED) is 0.770. The van der Waals surface area contributed by atoms with Gasteiger partial charge in [-0.1, -0.05) is 0 Å². The van der Waals surface area contributed by atoms with Gasteiger partial charge in [0.05, 0.1) is 19.7 Å². The number of rotatable bonds is 7. The van der Waals surface area contributed by atoms with Crippen LogP contribution in [0.2, 0.25) is 0 Å². The molecule has 0 spiro atoms. The number of halogens is 1. The van der Waals surface area contributed by atoms with Crippen LogP contribution >= 0.6 is 15.9 Å². The normalized spacial score (nSPS) is 10.5. The van der Waals surface area contributed by atoms with Crippen LogP contribution in [0.1, 0.15) is 5.76 Å². The molecule has 0 atom stereocenters. The van der Waals surface area contributed by atoms with Crippen molar-refractivity contribution in [2.75, 3.05) is 33.9 Å². The minimum atomic E-state index is 0.0219. The van der Waals surface area contributed by atoms with Gasteiger partial charge in [-0.25, -0.2) is 0 Å². The fraction of sp³-hybridized carbons (Fsp3) is 0.545. The van der Waals surface area contributed by atoms with Crippen molar-refractivity contribution in [3.05, 3.63) is 22.6 Å². The molecule has 1 N–H and O–H groups in total. The Bertz CT molecular complexity index is 354. The van der Waals surface area contributed by atoms with Crippen molar-refractivity contribution in [2.24, 2.45) is 0 Å². The summed E-state index contributed by atoms with van der Waals surface area (Å²) in [5.41, 5.74) is 0. The number of amides is 1. The molecule has 0 aliphatic rings. The smallest absolute Gasteiger partial charge is 0.236 e. The summed E-state index contributed by atoms with van der Waals surface area (Å²) in [6.07, 6.45) is 0. The lowest BCUT2D eigenvalue weighted by Crippen LogP contribution is -2.36. The van der Waals surface area contributed by atoms with Gasteiger partial charge in [-0.3, -0.25) is 4.79 Å². The lowest BCUT2D eigenvalue weighted by molar-refractivity contribution is -0.129. The number of ether oxygens (including phenoxy) is 1. The number of hydrogen-bond donors (Lipinski definition) is 1. The second kappa shape index (κ2) is 7.47. The van der Waals surface area contributed by atoms with Gasteiger partial charge in [-0.05, 0) is 28.1 Å². The van der Waals surface area contributed by atoms with Crippen LogP contribution in [0.15, 0.2) is 21.2 Å². The average Bonchev–Trinajstić information content (AvgIpc) is 2.70. The van der Waals surface area contributed by atoms with Gasteiger partial charge in [-0.15, -0.1) is 0 Å². The highest BCUT2D eigenvalue weighted by atomic mass is 79.9. The molecule has 1 amide bonds. The van der Waals surface area contributed by atoms with Crippen LogP contribution in [-0.4, -0.2) is 44.7 Å².